The van der Waals surface area contributed by atoms with E-state index in [2.05, 4.69) is 19.2 Å². The fourth-order valence-corrected chi connectivity index (χ4v) is 3.69. The minimum atomic E-state index is -0.426. The van der Waals surface area contributed by atoms with Gasteiger partial charge < -0.3 is 10.1 Å². The van der Waals surface area contributed by atoms with Gasteiger partial charge in [0.2, 0.25) is 0 Å². The van der Waals surface area contributed by atoms with Crippen LogP contribution in [0.3, 0.4) is 0 Å². The van der Waals surface area contributed by atoms with E-state index in [-0.39, 0.29) is 5.97 Å². The third-order valence-corrected chi connectivity index (χ3v) is 4.81. The maximum absolute atomic E-state index is 12.4. The Kier molecular flexibility index (Phi) is 7.84. The number of unbranched alkanes of at least 4 members (excludes halogenated alkanes) is 1. The van der Waals surface area contributed by atoms with Crippen LogP contribution in [0.4, 0.5) is 0 Å². The largest absolute Gasteiger partial charge is 0.465 e. The van der Waals surface area contributed by atoms with E-state index >= 15 is 0 Å². The van der Waals surface area contributed by atoms with Crippen LogP contribution in [0.25, 0.3) is 0 Å². The van der Waals surface area contributed by atoms with Crippen molar-refractivity contribution in [2.45, 2.75) is 58.4 Å². The number of carbonyl (C=O) groups excluding carboxylic acids is 1. The summed E-state index contributed by atoms with van der Waals surface area (Å²) in [6, 6.07) is 0. The van der Waals surface area contributed by atoms with Crippen LogP contribution in [0.15, 0.2) is 0 Å². The summed E-state index contributed by atoms with van der Waals surface area (Å²) in [6.45, 7) is 7.60. The van der Waals surface area contributed by atoms with E-state index in [0.717, 1.165) is 37.3 Å². The van der Waals surface area contributed by atoms with E-state index < -0.39 is 5.54 Å². The Morgan fingerprint density at radius 2 is 2.05 bits per heavy atom. The molecule has 1 saturated carbocycles. The van der Waals surface area contributed by atoms with Crippen molar-refractivity contribution < 1.29 is 9.53 Å². The SMILES string of the molecule is CCCCSCC(NCCC)(C(=O)OCC)C1CC1. The molecule has 1 aliphatic rings. The molecule has 19 heavy (non-hydrogen) atoms. The van der Waals surface area contributed by atoms with Gasteiger partial charge in [-0.15, -0.1) is 0 Å². The van der Waals surface area contributed by atoms with Crippen LogP contribution in [0.5, 0.6) is 0 Å². The van der Waals surface area contributed by atoms with Gasteiger partial charge in [-0.2, -0.15) is 11.8 Å². The number of hydrogen-bond acceptors (Lipinski definition) is 4. The fraction of sp³-hybridized carbons (Fsp3) is 0.933. The fourth-order valence-electron chi connectivity index (χ4n) is 2.27. The van der Waals surface area contributed by atoms with Crippen molar-refractivity contribution in [3.63, 3.8) is 0 Å². The van der Waals surface area contributed by atoms with E-state index in [0.29, 0.717) is 12.5 Å². The van der Waals surface area contributed by atoms with Crippen LogP contribution < -0.4 is 5.32 Å². The van der Waals surface area contributed by atoms with E-state index in [9.17, 15) is 4.79 Å². The van der Waals surface area contributed by atoms with Crippen molar-refractivity contribution in [2.24, 2.45) is 5.92 Å². The van der Waals surface area contributed by atoms with Gasteiger partial charge in [-0.25, -0.2) is 0 Å². The molecule has 1 fully saturated rings. The Hall–Kier alpha value is -0.220. The molecule has 112 valence electrons. The minimum Gasteiger partial charge on any atom is -0.465 e. The second-order valence-corrected chi connectivity index (χ2v) is 6.40. The first-order valence-corrected chi connectivity index (χ1v) is 8.86. The van der Waals surface area contributed by atoms with Crippen molar-refractivity contribution in [1.29, 1.82) is 0 Å². The first kappa shape index (κ1) is 16.8. The van der Waals surface area contributed by atoms with Gasteiger partial charge in [-0.3, -0.25) is 4.79 Å². The lowest BCUT2D eigenvalue weighted by atomic mass is 9.95. The summed E-state index contributed by atoms with van der Waals surface area (Å²) in [5, 5.41) is 3.51. The zero-order chi connectivity index (χ0) is 14.1. The van der Waals surface area contributed by atoms with Crippen molar-refractivity contribution in [1.82, 2.24) is 5.32 Å². The molecule has 0 amide bonds. The highest BCUT2D eigenvalue weighted by Gasteiger charge is 2.51. The Labute approximate surface area is 122 Å². The van der Waals surface area contributed by atoms with Crippen LogP contribution in [0.1, 0.15) is 52.9 Å². The third kappa shape index (κ3) is 4.99. The molecule has 0 saturated heterocycles. The zero-order valence-corrected chi connectivity index (χ0v) is 13.5. The molecular formula is C15H29NO2S. The summed E-state index contributed by atoms with van der Waals surface area (Å²) in [7, 11) is 0. The van der Waals surface area contributed by atoms with E-state index in [4.69, 9.17) is 4.74 Å². The molecule has 1 rings (SSSR count). The Balaban J connectivity index is 2.64. The second-order valence-electron chi connectivity index (χ2n) is 5.30. The molecule has 0 aromatic heterocycles. The van der Waals surface area contributed by atoms with Gasteiger partial charge in [-0.1, -0.05) is 20.3 Å². The highest BCUT2D eigenvalue weighted by molar-refractivity contribution is 7.99. The van der Waals surface area contributed by atoms with Crippen LogP contribution in [0, 0.1) is 5.92 Å². The van der Waals surface area contributed by atoms with Gasteiger partial charge in [0.05, 0.1) is 6.61 Å². The highest BCUT2D eigenvalue weighted by atomic mass is 32.2. The minimum absolute atomic E-state index is 0.0325. The van der Waals surface area contributed by atoms with Crippen molar-refractivity contribution in [2.75, 3.05) is 24.7 Å². The monoisotopic (exact) mass is 287 g/mol. The number of rotatable bonds is 11. The summed E-state index contributed by atoms with van der Waals surface area (Å²) < 4.78 is 5.35. The number of carbonyl (C=O) groups is 1. The first-order chi connectivity index (χ1) is 9.21. The Bertz CT molecular complexity index is 269. The van der Waals surface area contributed by atoms with Gasteiger partial charge >= 0.3 is 5.97 Å². The molecular weight excluding hydrogens is 258 g/mol. The van der Waals surface area contributed by atoms with Crippen LogP contribution in [-0.4, -0.2) is 36.2 Å². The third-order valence-electron chi connectivity index (χ3n) is 3.58. The molecule has 4 heteroatoms. The van der Waals surface area contributed by atoms with Crippen LogP contribution in [0.2, 0.25) is 0 Å². The molecule has 0 heterocycles. The van der Waals surface area contributed by atoms with Crippen molar-refractivity contribution in [3.8, 4) is 0 Å². The summed E-state index contributed by atoms with van der Waals surface area (Å²) in [5.74, 6) is 2.44. The molecule has 0 spiro atoms. The average molecular weight is 287 g/mol. The first-order valence-electron chi connectivity index (χ1n) is 7.71. The summed E-state index contributed by atoms with van der Waals surface area (Å²) in [4.78, 5) is 12.4. The molecule has 0 aliphatic heterocycles. The lowest BCUT2D eigenvalue weighted by molar-refractivity contribution is -0.151. The normalized spacial score (nSPS) is 18.1. The number of esters is 1. The zero-order valence-electron chi connectivity index (χ0n) is 12.7. The predicted octanol–water partition coefficient (Wildman–Crippen LogP) is 3.23. The molecule has 0 aromatic rings. The average Bonchev–Trinajstić information content (AvgIpc) is 3.23. The molecule has 1 aliphatic carbocycles. The molecule has 3 nitrogen and oxygen atoms in total. The van der Waals surface area contributed by atoms with Crippen molar-refractivity contribution >= 4 is 17.7 Å². The molecule has 0 bridgehead atoms. The van der Waals surface area contributed by atoms with E-state index in [1.54, 1.807) is 0 Å². The Morgan fingerprint density at radius 3 is 2.58 bits per heavy atom. The van der Waals surface area contributed by atoms with Crippen LogP contribution >= 0.6 is 11.8 Å². The standard InChI is InChI=1S/C15H29NO2S/c1-4-7-11-19-12-15(13-8-9-13,16-10-5-2)14(17)18-6-3/h13,16H,4-12H2,1-3H3. The number of hydrogen-bond donors (Lipinski definition) is 1. The maximum Gasteiger partial charge on any atom is 0.327 e. The van der Waals surface area contributed by atoms with Gasteiger partial charge in [0.1, 0.15) is 5.54 Å². The van der Waals surface area contributed by atoms with Crippen LogP contribution in [-0.2, 0) is 9.53 Å². The summed E-state index contributed by atoms with van der Waals surface area (Å²) in [6.07, 6.45) is 5.80. The van der Waals surface area contributed by atoms with E-state index in [1.807, 2.05) is 18.7 Å². The number of ether oxygens (including phenoxy) is 1. The molecule has 1 N–H and O–H groups in total. The lowest BCUT2D eigenvalue weighted by Crippen LogP contribution is -2.57. The topological polar surface area (TPSA) is 38.3 Å². The molecule has 0 radical (unpaired) electrons. The van der Waals surface area contributed by atoms with Gasteiger partial charge in [-0.05, 0) is 50.8 Å². The summed E-state index contributed by atoms with van der Waals surface area (Å²) >= 11 is 1.89. The van der Waals surface area contributed by atoms with Gasteiger partial charge in [0.15, 0.2) is 0 Å². The second kappa shape index (κ2) is 8.85. The number of thioether (sulfide) groups is 1. The molecule has 1 atom stereocenters. The van der Waals surface area contributed by atoms with Gasteiger partial charge in [0, 0.05) is 5.75 Å². The molecule has 1 unspecified atom stereocenters. The Morgan fingerprint density at radius 1 is 1.32 bits per heavy atom. The maximum atomic E-state index is 12.4. The molecule has 0 aromatic carbocycles. The quantitative estimate of drug-likeness (QED) is 0.468. The van der Waals surface area contributed by atoms with E-state index in [1.165, 1.54) is 12.8 Å². The predicted molar refractivity (Wildman–Crippen MR) is 82.6 cm³/mol. The van der Waals surface area contributed by atoms with Crippen molar-refractivity contribution in [3.05, 3.63) is 0 Å². The smallest absolute Gasteiger partial charge is 0.327 e. The number of nitrogens with one attached hydrogen (secondary N) is 1. The van der Waals surface area contributed by atoms with Gasteiger partial charge in [0.25, 0.3) is 0 Å². The lowest BCUT2D eigenvalue weighted by Gasteiger charge is -2.32. The highest BCUT2D eigenvalue weighted by Crippen LogP contribution is 2.42. The summed E-state index contributed by atoms with van der Waals surface area (Å²) in [5.41, 5.74) is -0.426.